The average Bonchev–Trinajstić information content (AvgIpc) is 2.41. The Bertz CT molecular complexity index is 555. The molecule has 7 nitrogen and oxygen atoms in total. The molecule has 2 heterocycles. The minimum absolute atomic E-state index is 0.220. The number of nitrogens with two attached hydrogens (primary N) is 2. The van der Waals surface area contributed by atoms with Crippen LogP contribution in [0, 0.1) is 0 Å². The smallest absolute Gasteiger partial charge is 0.337 e. The van der Waals surface area contributed by atoms with E-state index in [-0.39, 0.29) is 5.56 Å². The van der Waals surface area contributed by atoms with Crippen molar-refractivity contribution >= 4 is 17.7 Å². The van der Waals surface area contributed by atoms with Gasteiger partial charge >= 0.3 is 5.97 Å². The Kier molecular flexibility index (Phi) is 4.97. The lowest BCUT2D eigenvalue weighted by molar-refractivity contribution is 0.0696. The van der Waals surface area contributed by atoms with Gasteiger partial charge in [-0.3, -0.25) is 9.78 Å². The number of hydrogen-bond acceptors (Lipinski definition) is 5. The first-order valence-electron chi connectivity index (χ1n) is 5.15. The van der Waals surface area contributed by atoms with Crippen LogP contribution in [0.4, 0.5) is 5.82 Å². The Balaban J connectivity index is 0.000000191. The van der Waals surface area contributed by atoms with Crippen molar-refractivity contribution in [3.63, 3.8) is 0 Å². The van der Waals surface area contributed by atoms with E-state index in [1.807, 2.05) is 0 Å². The molecule has 0 unspecified atom stereocenters. The zero-order valence-corrected chi connectivity index (χ0v) is 9.85. The summed E-state index contributed by atoms with van der Waals surface area (Å²) in [7, 11) is 0. The van der Waals surface area contributed by atoms with Crippen molar-refractivity contribution in [2.24, 2.45) is 5.73 Å². The molecule has 0 saturated carbocycles. The predicted molar refractivity (Wildman–Crippen MR) is 68.4 cm³/mol. The molecular formula is C12H12N4O3. The van der Waals surface area contributed by atoms with Crippen LogP contribution in [-0.2, 0) is 0 Å². The molecule has 1 amide bonds. The molecule has 0 aliphatic heterocycles. The summed E-state index contributed by atoms with van der Waals surface area (Å²) in [5.41, 5.74) is 10.8. The number of anilines is 1. The number of carboxylic acids is 1. The summed E-state index contributed by atoms with van der Waals surface area (Å²) in [6, 6.07) is 6.14. The molecule has 2 aromatic heterocycles. The van der Waals surface area contributed by atoms with E-state index in [9.17, 15) is 9.59 Å². The van der Waals surface area contributed by atoms with E-state index in [0.717, 1.165) is 0 Å². The van der Waals surface area contributed by atoms with Gasteiger partial charge in [-0.1, -0.05) is 0 Å². The number of nitrogens with zero attached hydrogens (tertiary/aromatic N) is 2. The second-order valence-corrected chi connectivity index (χ2v) is 3.38. The van der Waals surface area contributed by atoms with Crippen molar-refractivity contribution in [1.29, 1.82) is 0 Å². The second-order valence-electron chi connectivity index (χ2n) is 3.38. The van der Waals surface area contributed by atoms with E-state index in [1.54, 1.807) is 6.07 Å². The van der Waals surface area contributed by atoms with Gasteiger partial charge in [-0.05, 0) is 24.3 Å². The molecular weight excluding hydrogens is 248 g/mol. The van der Waals surface area contributed by atoms with Crippen molar-refractivity contribution in [2.45, 2.75) is 0 Å². The SMILES string of the molecule is NC(=O)c1ccc(N)nc1.O=C(O)c1cccnc1. The van der Waals surface area contributed by atoms with Crippen LogP contribution in [0.1, 0.15) is 20.7 Å². The van der Waals surface area contributed by atoms with E-state index < -0.39 is 11.9 Å². The number of primary amides is 1. The van der Waals surface area contributed by atoms with Crippen LogP contribution in [0.15, 0.2) is 42.9 Å². The van der Waals surface area contributed by atoms with Crippen LogP contribution in [0.2, 0.25) is 0 Å². The molecule has 7 heteroatoms. The fourth-order valence-corrected chi connectivity index (χ4v) is 1.04. The Hall–Kier alpha value is -2.96. The number of pyridine rings is 2. The molecule has 0 aliphatic carbocycles. The standard InChI is InChI=1S/C6H7N3O.C6H5NO2/c7-5-2-1-4(3-9-5)6(8)10;8-6(9)5-2-1-3-7-4-5/h1-3H,(H2,7,9)(H2,8,10);1-4H,(H,8,9). The molecule has 5 N–H and O–H groups in total. The third-order valence-corrected chi connectivity index (χ3v) is 1.98. The second kappa shape index (κ2) is 6.70. The van der Waals surface area contributed by atoms with Gasteiger partial charge in [0.15, 0.2) is 0 Å². The number of aromatic nitrogens is 2. The van der Waals surface area contributed by atoms with Crippen LogP contribution in [0.25, 0.3) is 0 Å². The Labute approximate surface area is 108 Å². The Morgan fingerprint density at radius 2 is 1.84 bits per heavy atom. The summed E-state index contributed by atoms with van der Waals surface area (Å²) in [6.07, 6.45) is 4.19. The lowest BCUT2D eigenvalue weighted by Crippen LogP contribution is -2.11. The summed E-state index contributed by atoms with van der Waals surface area (Å²) in [5.74, 6) is -1.06. The highest BCUT2D eigenvalue weighted by Crippen LogP contribution is 1.98. The Morgan fingerprint density at radius 1 is 1.11 bits per heavy atom. The molecule has 19 heavy (non-hydrogen) atoms. The fraction of sp³-hybridized carbons (Fsp3) is 0. The average molecular weight is 260 g/mol. The maximum absolute atomic E-state index is 10.5. The normalized spacial score (nSPS) is 9.05. The number of nitrogen functional groups attached to an aromatic ring is 1. The van der Waals surface area contributed by atoms with Gasteiger partial charge in [0.25, 0.3) is 0 Å². The number of amides is 1. The van der Waals surface area contributed by atoms with Crippen LogP contribution < -0.4 is 11.5 Å². The molecule has 0 radical (unpaired) electrons. The van der Waals surface area contributed by atoms with E-state index in [1.165, 1.54) is 36.8 Å². The van der Waals surface area contributed by atoms with Gasteiger partial charge in [-0.25, -0.2) is 9.78 Å². The number of carbonyl (C=O) groups is 2. The molecule has 0 bridgehead atoms. The third-order valence-electron chi connectivity index (χ3n) is 1.98. The van der Waals surface area contributed by atoms with Crippen LogP contribution in [-0.4, -0.2) is 27.0 Å². The van der Waals surface area contributed by atoms with E-state index in [0.29, 0.717) is 11.4 Å². The van der Waals surface area contributed by atoms with Gasteiger partial charge < -0.3 is 16.6 Å². The topological polar surface area (TPSA) is 132 Å². The minimum atomic E-state index is -0.942. The van der Waals surface area contributed by atoms with Crippen molar-refractivity contribution < 1.29 is 14.7 Å². The molecule has 0 atom stereocenters. The zero-order chi connectivity index (χ0) is 14.3. The van der Waals surface area contributed by atoms with Gasteiger partial charge in [0.05, 0.1) is 11.1 Å². The lowest BCUT2D eigenvalue weighted by atomic mass is 10.3. The van der Waals surface area contributed by atoms with E-state index >= 15 is 0 Å². The largest absolute Gasteiger partial charge is 0.478 e. The van der Waals surface area contributed by atoms with Crippen molar-refractivity contribution in [1.82, 2.24) is 9.97 Å². The highest BCUT2D eigenvalue weighted by atomic mass is 16.4. The first-order chi connectivity index (χ1) is 9.00. The number of carbonyl (C=O) groups excluding carboxylic acids is 1. The number of aromatic carboxylic acids is 1. The Morgan fingerprint density at radius 3 is 2.21 bits per heavy atom. The van der Waals surface area contributed by atoms with Gasteiger partial charge in [0, 0.05) is 18.6 Å². The van der Waals surface area contributed by atoms with E-state index in [2.05, 4.69) is 9.97 Å². The van der Waals surface area contributed by atoms with E-state index in [4.69, 9.17) is 16.6 Å². The highest BCUT2D eigenvalue weighted by molar-refractivity contribution is 5.92. The van der Waals surface area contributed by atoms with Crippen LogP contribution >= 0.6 is 0 Å². The quantitative estimate of drug-likeness (QED) is 0.722. The molecule has 2 aromatic rings. The van der Waals surface area contributed by atoms with Gasteiger partial charge in [0.2, 0.25) is 5.91 Å². The maximum atomic E-state index is 10.5. The number of rotatable bonds is 2. The monoisotopic (exact) mass is 260 g/mol. The van der Waals surface area contributed by atoms with Crippen LogP contribution in [0.3, 0.4) is 0 Å². The number of hydrogen-bond donors (Lipinski definition) is 3. The molecule has 0 aliphatic rings. The first kappa shape index (κ1) is 14.1. The highest BCUT2D eigenvalue weighted by Gasteiger charge is 1.98. The zero-order valence-electron chi connectivity index (χ0n) is 9.85. The maximum Gasteiger partial charge on any atom is 0.337 e. The molecule has 2 rings (SSSR count). The van der Waals surface area contributed by atoms with Crippen molar-refractivity contribution in [3.8, 4) is 0 Å². The summed E-state index contributed by atoms with van der Waals surface area (Å²) in [5, 5.41) is 8.34. The van der Waals surface area contributed by atoms with Crippen molar-refractivity contribution in [3.05, 3.63) is 54.0 Å². The molecule has 0 aromatic carbocycles. The first-order valence-corrected chi connectivity index (χ1v) is 5.15. The summed E-state index contributed by atoms with van der Waals surface area (Å²) >= 11 is 0. The number of carboxylic acid groups (broad SMARTS) is 1. The lowest BCUT2D eigenvalue weighted by Gasteiger charge is -1.93. The van der Waals surface area contributed by atoms with Gasteiger partial charge in [-0.2, -0.15) is 0 Å². The summed E-state index contributed by atoms with van der Waals surface area (Å²) < 4.78 is 0. The third kappa shape index (κ3) is 4.82. The summed E-state index contributed by atoms with van der Waals surface area (Å²) in [4.78, 5) is 27.9. The van der Waals surface area contributed by atoms with Crippen LogP contribution in [0.5, 0.6) is 0 Å². The summed E-state index contributed by atoms with van der Waals surface area (Å²) in [6.45, 7) is 0. The minimum Gasteiger partial charge on any atom is -0.478 e. The molecule has 0 saturated heterocycles. The molecule has 98 valence electrons. The van der Waals surface area contributed by atoms with Crippen molar-refractivity contribution in [2.75, 3.05) is 5.73 Å². The van der Waals surface area contributed by atoms with Gasteiger partial charge in [-0.15, -0.1) is 0 Å². The molecule has 0 spiro atoms. The van der Waals surface area contributed by atoms with Gasteiger partial charge in [0.1, 0.15) is 5.82 Å². The fourth-order valence-electron chi connectivity index (χ4n) is 1.04. The molecule has 0 fully saturated rings. The predicted octanol–water partition coefficient (Wildman–Crippen LogP) is 0.542.